The molecule has 0 heterocycles. The number of hydrogen-bond donors (Lipinski definition) is 2. The molecule has 0 bridgehead atoms. The highest BCUT2D eigenvalue weighted by atomic mass is 19.3. The zero-order chi connectivity index (χ0) is 17.8. The molecule has 134 valence electrons. The van der Waals surface area contributed by atoms with Gasteiger partial charge in [-0.1, -0.05) is 18.2 Å². The molecule has 24 heavy (non-hydrogen) atoms. The summed E-state index contributed by atoms with van der Waals surface area (Å²) < 4.78 is 33.7. The van der Waals surface area contributed by atoms with Gasteiger partial charge in [0.25, 0.3) is 5.91 Å². The first-order chi connectivity index (χ1) is 11.3. The quantitative estimate of drug-likeness (QED) is 0.756. The number of ether oxygens (including phenoxy) is 1. The fourth-order valence-corrected chi connectivity index (χ4v) is 2.45. The molecule has 1 fully saturated rings. The van der Waals surface area contributed by atoms with E-state index in [4.69, 9.17) is 4.74 Å². The Morgan fingerprint density at radius 1 is 1.38 bits per heavy atom. The van der Waals surface area contributed by atoms with Crippen molar-refractivity contribution in [3.63, 3.8) is 0 Å². The van der Waals surface area contributed by atoms with Gasteiger partial charge in [0.1, 0.15) is 18.0 Å². The smallest absolute Gasteiger partial charge is 0.352 e. The molecular formula is C17H24F2N2O3. The average molecular weight is 342 g/mol. The van der Waals surface area contributed by atoms with Crippen LogP contribution in [0.1, 0.15) is 24.8 Å². The van der Waals surface area contributed by atoms with Crippen molar-refractivity contribution in [2.24, 2.45) is 0 Å². The zero-order valence-corrected chi connectivity index (χ0v) is 14.0. The number of carbonyl (C=O) groups is 1. The van der Waals surface area contributed by atoms with E-state index in [1.807, 2.05) is 19.0 Å². The molecule has 5 nitrogen and oxygen atoms in total. The lowest BCUT2D eigenvalue weighted by Crippen LogP contribution is -2.60. The maximum atomic E-state index is 14.0. The van der Waals surface area contributed by atoms with E-state index < -0.39 is 17.4 Å². The number of hydrogen-bond acceptors (Lipinski definition) is 4. The van der Waals surface area contributed by atoms with E-state index in [1.54, 1.807) is 24.3 Å². The molecule has 1 aliphatic rings. The Morgan fingerprint density at radius 3 is 2.62 bits per heavy atom. The number of nitrogens with one attached hydrogen (secondary N) is 1. The summed E-state index contributed by atoms with van der Waals surface area (Å²) in [6, 6.07) is 6.97. The second-order valence-corrected chi connectivity index (χ2v) is 6.40. The Morgan fingerprint density at radius 2 is 2.04 bits per heavy atom. The van der Waals surface area contributed by atoms with Gasteiger partial charge in [0.05, 0.1) is 0 Å². The number of likely N-dealkylation sites (N-methyl/N-ethyl adjacent to an activating group) is 1. The molecule has 0 unspecified atom stereocenters. The third kappa shape index (κ3) is 4.02. The molecule has 0 atom stereocenters. The summed E-state index contributed by atoms with van der Waals surface area (Å²) in [6.45, 7) is 1.09. The van der Waals surface area contributed by atoms with Crippen LogP contribution in [0.2, 0.25) is 0 Å². The first-order valence-electron chi connectivity index (χ1n) is 8.00. The van der Waals surface area contributed by atoms with Gasteiger partial charge < -0.3 is 20.1 Å². The molecular weight excluding hydrogens is 318 g/mol. The molecule has 0 radical (unpaired) electrons. The second kappa shape index (κ2) is 7.44. The van der Waals surface area contributed by atoms with Gasteiger partial charge in [-0.05, 0) is 39.4 Å². The summed E-state index contributed by atoms with van der Waals surface area (Å²) in [6.07, 6.45) is 0.386. The molecule has 1 aromatic rings. The van der Waals surface area contributed by atoms with Gasteiger partial charge in [0, 0.05) is 18.7 Å². The van der Waals surface area contributed by atoms with E-state index in [0.717, 1.165) is 0 Å². The predicted octanol–water partition coefficient (Wildman–Crippen LogP) is 1.79. The molecule has 1 amide bonds. The van der Waals surface area contributed by atoms with E-state index in [-0.39, 0.29) is 19.4 Å². The number of aliphatic hydroxyl groups is 1. The Kier molecular flexibility index (Phi) is 5.77. The van der Waals surface area contributed by atoms with Gasteiger partial charge in [0.15, 0.2) is 0 Å². The van der Waals surface area contributed by atoms with E-state index in [2.05, 4.69) is 5.32 Å². The Labute approximate surface area is 140 Å². The van der Waals surface area contributed by atoms with Crippen molar-refractivity contribution in [1.29, 1.82) is 0 Å². The third-order valence-corrected chi connectivity index (χ3v) is 4.26. The van der Waals surface area contributed by atoms with Crippen LogP contribution in [0.25, 0.3) is 0 Å². The zero-order valence-electron chi connectivity index (χ0n) is 14.0. The van der Waals surface area contributed by atoms with Crippen LogP contribution in [0.5, 0.6) is 5.75 Å². The molecule has 0 aromatic heterocycles. The highest BCUT2D eigenvalue weighted by Gasteiger charge is 2.61. The molecule has 1 aromatic carbocycles. The van der Waals surface area contributed by atoms with Crippen molar-refractivity contribution in [2.45, 2.75) is 37.3 Å². The summed E-state index contributed by atoms with van der Waals surface area (Å²) in [7, 11) is 3.84. The number of amides is 1. The minimum atomic E-state index is -3.79. The topological polar surface area (TPSA) is 61.8 Å². The minimum absolute atomic E-state index is 0.0579. The largest absolute Gasteiger partial charge is 0.492 e. The first-order valence-corrected chi connectivity index (χ1v) is 8.00. The number of alkyl halides is 2. The summed E-state index contributed by atoms with van der Waals surface area (Å²) in [5.41, 5.74) is -1.60. The van der Waals surface area contributed by atoms with Gasteiger partial charge in [-0.15, -0.1) is 0 Å². The molecule has 1 aliphatic carbocycles. The highest BCUT2D eigenvalue weighted by Crippen LogP contribution is 2.44. The van der Waals surface area contributed by atoms with Crippen LogP contribution in [0.15, 0.2) is 24.3 Å². The van der Waals surface area contributed by atoms with Crippen molar-refractivity contribution in [3.8, 4) is 5.75 Å². The fraction of sp³-hybridized carbons (Fsp3) is 0.588. The fourth-order valence-electron chi connectivity index (χ4n) is 2.45. The van der Waals surface area contributed by atoms with Crippen molar-refractivity contribution in [1.82, 2.24) is 10.2 Å². The van der Waals surface area contributed by atoms with Crippen molar-refractivity contribution in [2.75, 3.05) is 27.2 Å². The number of rotatable bonds is 8. The molecule has 2 N–H and O–H groups in total. The second-order valence-electron chi connectivity index (χ2n) is 6.40. The maximum absolute atomic E-state index is 14.0. The third-order valence-electron chi connectivity index (χ3n) is 4.26. The van der Waals surface area contributed by atoms with E-state index in [1.165, 1.54) is 0 Å². The molecule has 1 saturated carbocycles. The van der Waals surface area contributed by atoms with Crippen molar-refractivity contribution >= 4 is 5.91 Å². The average Bonchev–Trinajstić information content (AvgIpc) is 2.50. The van der Waals surface area contributed by atoms with Crippen molar-refractivity contribution in [3.05, 3.63) is 29.8 Å². The summed E-state index contributed by atoms with van der Waals surface area (Å²) >= 11 is 0. The van der Waals surface area contributed by atoms with Gasteiger partial charge in [-0.25, -0.2) is 0 Å². The summed E-state index contributed by atoms with van der Waals surface area (Å²) in [4.78, 5) is 13.8. The number of benzene rings is 1. The van der Waals surface area contributed by atoms with Gasteiger partial charge >= 0.3 is 5.92 Å². The molecule has 0 saturated heterocycles. The lowest BCUT2D eigenvalue weighted by molar-refractivity contribution is -0.216. The summed E-state index contributed by atoms with van der Waals surface area (Å²) in [5, 5.41) is 12.0. The molecule has 0 aliphatic heterocycles. The van der Waals surface area contributed by atoms with Crippen LogP contribution in [0, 0.1) is 0 Å². The van der Waals surface area contributed by atoms with Crippen LogP contribution in [0.4, 0.5) is 8.78 Å². The number of nitrogens with zero attached hydrogens (tertiary/aromatic N) is 1. The number of halogens is 2. The van der Waals surface area contributed by atoms with E-state index in [0.29, 0.717) is 30.9 Å². The lowest BCUT2D eigenvalue weighted by Gasteiger charge is -2.41. The first kappa shape index (κ1) is 18.6. The standard InChI is InChI=1S/C17H24F2N2O3/c1-21(2)10-11-24-14-7-4-3-6-13(14)12-20-15(22)17(18,19)16(23)8-5-9-16/h3-4,6-7,23H,5,8-12H2,1-2H3,(H,20,22). The van der Waals surface area contributed by atoms with Crippen LogP contribution >= 0.6 is 0 Å². The van der Waals surface area contributed by atoms with E-state index >= 15 is 0 Å². The van der Waals surface area contributed by atoms with Crippen LogP contribution in [-0.4, -0.2) is 54.7 Å². The predicted molar refractivity (Wildman–Crippen MR) is 86.1 cm³/mol. The lowest BCUT2D eigenvalue weighted by atomic mass is 9.75. The Bertz CT molecular complexity index is 575. The minimum Gasteiger partial charge on any atom is -0.492 e. The Hall–Kier alpha value is -1.73. The van der Waals surface area contributed by atoms with Gasteiger partial charge in [-0.3, -0.25) is 4.79 Å². The number of carbonyl (C=O) groups excluding carboxylic acids is 1. The SMILES string of the molecule is CN(C)CCOc1ccccc1CNC(=O)C(F)(F)C1(O)CCC1. The maximum Gasteiger partial charge on any atom is 0.352 e. The van der Waals surface area contributed by atoms with Gasteiger partial charge in [-0.2, -0.15) is 8.78 Å². The van der Waals surface area contributed by atoms with Crippen LogP contribution < -0.4 is 10.1 Å². The number of para-hydroxylation sites is 1. The Balaban J connectivity index is 1.95. The van der Waals surface area contributed by atoms with Crippen LogP contribution in [0.3, 0.4) is 0 Å². The molecule has 7 heteroatoms. The summed E-state index contributed by atoms with van der Waals surface area (Å²) in [5.74, 6) is -4.69. The highest BCUT2D eigenvalue weighted by molar-refractivity contribution is 5.85. The van der Waals surface area contributed by atoms with Crippen LogP contribution in [-0.2, 0) is 11.3 Å². The van der Waals surface area contributed by atoms with Gasteiger partial charge in [0.2, 0.25) is 0 Å². The normalized spacial score (nSPS) is 16.6. The monoisotopic (exact) mass is 342 g/mol. The van der Waals surface area contributed by atoms with Crippen molar-refractivity contribution < 1.29 is 23.4 Å². The molecule has 0 spiro atoms. The molecule has 2 rings (SSSR count). The van der Waals surface area contributed by atoms with E-state index in [9.17, 15) is 18.7 Å².